The van der Waals surface area contributed by atoms with Gasteiger partial charge in [0.1, 0.15) is 16.8 Å². The van der Waals surface area contributed by atoms with Gasteiger partial charge in [0.05, 0.1) is 62.8 Å². The summed E-state index contributed by atoms with van der Waals surface area (Å²) in [5.41, 5.74) is 21.0. The Morgan fingerprint density at radius 1 is 0.612 bits per heavy atom. The van der Waals surface area contributed by atoms with Crippen molar-refractivity contribution in [2.45, 2.75) is 124 Å². The van der Waals surface area contributed by atoms with Crippen LogP contribution in [0.25, 0.3) is 91.8 Å². The zero-order valence-corrected chi connectivity index (χ0v) is 52.4. The van der Waals surface area contributed by atoms with Crippen molar-refractivity contribution in [3.63, 3.8) is 0 Å². The fourth-order valence-corrected chi connectivity index (χ4v) is 11.6. The molecule has 8 aromatic rings. The maximum atomic E-state index is 12.3. The van der Waals surface area contributed by atoms with Gasteiger partial charge in [-0.15, -0.1) is 0 Å². The first-order valence-electron chi connectivity index (χ1n) is 29.2. The topological polar surface area (TPSA) is 133 Å². The fourth-order valence-electron chi connectivity index (χ4n) is 11.0. The van der Waals surface area contributed by atoms with Crippen LogP contribution >= 0.6 is 11.7 Å². The Hall–Kier alpha value is -8.85. The van der Waals surface area contributed by atoms with E-state index in [9.17, 15) is 9.90 Å². The number of hydrogen-bond acceptors (Lipinski definition) is 8. The molecule has 430 valence electrons. The zero-order valence-electron chi connectivity index (χ0n) is 51.5. The van der Waals surface area contributed by atoms with E-state index in [1.54, 1.807) is 12.1 Å². The van der Waals surface area contributed by atoms with E-state index in [0.717, 1.165) is 101 Å². The number of rotatable bonds is 7. The Kier molecular flexibility index (Phi) is 15.0. The molecule has 0 fully saturated rings. The first kappa shape index (κ1) is 57.9. The number of ether oxygens (including phenoxy) is 1. The van der Waals surface area contributed by atoms with Crippen molar-refractivity contribution < 1.29 is 14.6 Å². The molecule has 0 saturated carbocycles. The lowest BCUT2D eigenvalue weighted by Crippen LogP contribution is -2.16. The molecule has 85 heavy (non-hydrogen) atoms. The van der Waals surface area contributed by atoms with E-state index in [4.69, 9.17) is 14.7 Å². The SMILES string of the molecule is CC1C/C(=C/c2c3nc(c(-c4cc(C(C)(C)C)cc(C(C)(C)C)c4)c4ccc([nH]4)c(C#Cc4ccc(C(=O)O)c5nsnc45)c4nc(c(-c5cc(C(C)(C)C)cc(C(C)(C)C)c5)c5ccc2[nH]5)C=C4)C=C3)C=C(/C=C\c2ccc(N(C)C)cc2)O1. The van der Waals surface area contributed by atoms with Gasteiger partial charge in [-0.2, -0.15) is 8.75 Å². The Bertz CT molecular complexity index is 4280. The molecule has 11 heteroatoms. The normalized spacial score (nSPS) is 15.1. The predicted molar refractivity (Wildman–Crippen MR) is 356 cm³/mol. The van der Waals surface area contributed by atoms with E-state index in [1.165, 1.54) is 22.3 Å². The van der Waals surface area contributed by atoms with Gasteiger partial charge in [0, 0.05) is 59.4 Å². The van der Waals surface area contributed by atoms with Crippen LogP contribution in [0.5, 0.6) is 0 Å². The second-order valence-corrected chi connectivity index (χ2v) is 27.6. The Morgan fingerprint density at radius 3 is 1.67 bits per heavy atom. The van der Waals surface area contributed by atoms with Crippen molar-refractivity contribution in [3.05, 3.63) is 193 Å². The van der Waals surface area contributed by atoms with E-state index >= 15 is 0 Å². The molecule has 1 unspecified atom stereocenters. The lowest BCUT2D eigenvalue weighted by atomic mass is 9.78. The number of allylic oxidation sites excluding steroid dienone is 2. The first-order chi connectivity index (χ1) is 40.1. The Morgan fingerprint density at radius 2 is 1.12 bits per heavy atom. The zero-order chi connectivity index (χ0) is 60.5. The van der Waals surface area contributed by atoms with Gasteiger partial charge in [0.15, 0.2) is 0 Å². The lowest BCUT2D eigenvalue weighted by Gasteiger charge is -2.26. The van der Waals surface area contributed by atoms with Gasteiger partial charge in [-0.25, -0.2) is 14.8 Å². The van der Waals surface area contributed by atoms with Gasteiger partial charge in [0.25, 0.3) is 0 Å². The van der Waals surface area contributed by atoms with Gasteiger partial charge in [-0.05, 0) is 164 Å². The number of carboxylic acids is 1. The highest BCUT2D eigenvalue weighted by Gasteiger charge is 2.27. The third kappa shape index (κ3) is 12.1. The molecule has 0 amide bonds. The second kappa shape index (κ2) is 22.0. The summed E-state index contributed by atoms with van der Waals surface area (Å²) in [6.07, 6.45) is 17.7. The molecule has 7 heterocycles. The smallest absolute Gasteiger partial charge is 0.338 e. The molecular weight excluding hydrogens is 1070 g/mol. The van der Waals surface area contributed by atoms with Crippen LogP contribution in [0.15, 0.2) is 121 Å². The Balaban J connectivity index is 1.25. The number of nitrogens with one attached hydrogen (secondary N) is 2. The number of benzene rings is 4. The number of aromatic amines is 2. The summed E-state index contributed by atoms with van der Waals surface area (Å²) in [7, 11) is 4.10. The van der Waals surface area contributed by atoms with E-state index in [-0.39, 0.29) is 33.3 Å². The number of hydrogen-bond donors (Lipinski definition) is 3. The second-order valence-electron chi connectivity index (χ2n) is 27.0. The van der Waals surface area contributed by atoms with Crippen molar-refractivity contribution in [3.8, 4) is 34.1 Å². The van der Waals surface area contributed by atoms with Crippen molar-refractivity contribution in [1.82, 2.24) is 28.7 Å². The number of H-pyrrole nitrogens is 2. The number of fused-ring (bicyclic) bond motifs is 9. The van der Waals surface area contributed by atoms with Crippen LogP contribution in [0, 0.1) is 11.8 Å². The molecule has 3 aliphatic rings. The van der Waals surface area contributed by atoms with E-state index in [1.807, 2.05) is 0 Å². The molecule has 11 rings (SSSR count). The maximum absolute atomic E-state index is 12.3. The van der Waals surface area contributed by atoms with Crippen LogP contribution in [0.4, 0.5) is 5.69 Å². The van der Waals surface area contributed by atoms with Gasteiger partial charge >= 0.3 is 5.97 Å². The van der Waals surface area contributed by atoms with Crippen LogP contribution in [-0.4, -0.2) is 60.0 Å². The summed E-state index contributed by atoms with van der Waals surface area (Å²) < 4.78 is 15.4. The van der Waals surface area contributed by atoms with Gasteiger partial charge in [0.2, 0.25) is 0 Å². The van der Waals surface area contributed by atoms with E-state index in [2.05, 4.69) is 273 Å². The highest BCUT2D eigenvalue weighted by molar-refractivity contribution is 7.00. The average molecular weight is 1140 g/mol. The summed E-state index contributed by atoms with van der Waals surface area (Å²) in [6.45, 7) is 29.3. The molecule has 3 N–H and O–H groups in total. The monoisotopic (exact) mass is 1140 g/mol. The summed E-state index contributed by atoms with van der Waals surface area (Å²) in [5, 5.41) is 10.1. The first-order valence-corrected chi connectivity index (χ1v) is 29.9. The van der Waals surface area contributed by atoms with Gasteiger partial charge in [-0.3, -0.25) is 0 Å². The molecule has 0 saturated heterocycles. The minimum absolute atomic E-state index is 0.0749. The third-order valence-corrected chi connectivity index (χ3v) is 16.6. The largest absolute Gasteiger partial charge is 0.490 e. The molecular formula is C74H75N7O3S. The van der Waals surface area contributed by atoms with Crippen LogP contribution in [-0.2, 0) is 26.4 Å². The van der Waals surface area contributed by atoms with Crippen molar-refractivity contribution >= 4 is 92.9 Å². The summed E-state index contributed by atoms with van der Waals surface area (Å²) >= 11 is 0.970. The Labute approximate surface area is 504 Å². The van der Waals surface area contributed by atoms with Crippen molar-refractivity contribution in [2.24, 2.45) is 0 Å². The number of anilines is 1. The molecule has 10 nitrogen and oxygen atoms in total. The minimum atomic E-state index is -1.07. The molecule has 8 bridgehead atoms. The standard InChI is InChI=1S/C74H75N7O3S/c1-43-34-45(35-54(84-43)23-18-44-16-21-53(22-17-44)81(14)15)36-57-60-28-32-64(77-60)66(47-37-49(71(2,3)4)41-50(38-47)72(5,6)7)62-30-26-58(75-62)55(24-19-46-20-25-56(70(82)83)69-68(46)79-85-80-69)59-27-31-63(76-59)67(65-33-29-61(57)78-65)48-39-51(73(8,9)10)42-52(40-48)74(11,12)13/h16-18,20-23,25-33,35-43,75,78H,34H2,1-15H3,(H,82,83)/b23-18-,45-36-,58-55?,59-55?,60-57?,61-57?,66-62?,66-64?,67-63?,67-65?. The maximum Gasteiger partial charge on any atom is 0.338 e. The van der Waals surface area contributed by atoms with Crippen molar-refractivity contribution in [1.29, 1.82) is 0 Å². The number of carboxylic acid groups (broad SMARTS) is 1. The van der Waals surface area contributed by atoms with Crippen LogP contribution < -0.4 is 4.90 Å². The summed E-state index contributed by atoms with van der Waals surface area (Å²) in [4.78, 5) is 33.6. The quantitative estimate of drug-likeness (QED) is 0.134. The summed E-state index contributed by atoms with van der Waals surface area (Å²) in [6, 6.07) is 34.3. The minimum Gasteiger partial charge on any atom is -0.490 e. The number of aromatic nitrogens is 6. The average Bonchev–Trinajstić information content (AvgIpc) is 4.09. The highest BCUT2D eigenvalue weighted by Crippen LogP contribution is 2.41. The van der Waals surface area contributed by atoms with E-state index < -0.39 is 5.97 Å². The molecule has 1 atom stereocenters. The lowest BCUT2D eigenvalue weighted by molar-refractivity contribution is 0.0698. The molecule has 4 aromatic carbocycles. The fraction of sp³-hybridized carbons (Fsp3) is 0.284. The van der Waals surface area contributed by atoms with Crippen molar-refractivity contribution in [2.75, 3.05) is 19.0 Å². The van der Waals surface area contributed by atoms with Gasteiger partial charge < -0.3 is 24.7 Å². The van der Waals surface area contributed by atoms with Crippen LogP contribution in [0.3, 0.4) is 0 Å². The molecule has 0 radical (unpaired) electrons. The third-order valence-electron chi connectivity index (χ3n) is 16.0. The highest BCUT2D eigenvalue weighted by atomic mass is 32.1. The van der Waals surface area contributed by atoms with Gasteiger partial charge in [-0.1, -0.05) is 150 Å². The number of carbonyl (C=O) groups is 1. The van der Waals surface area contributed by atoms with Crippen LogP contribution in [0.1, 0.15) is 174 Å². The molecule has 3 aliphatic heterocycles. The molecule has 4 aromatic heterocycles. The number of nitrogens with zero attached hydrogens (tertiary/aromatic N) is 5. The predicted octanol–water partition coefficient (Wildman–Crippen LogP) is 18.1. The molecule has 0 aliphatic carbocycles. The number of aromatic carboxylic acids is 1. The van der Waals surface area contributed by atoms with Crippen LogP contribution in [0.2, 0.25) is 0 Å². The van der Waals surface area contributed by atoms with E-state index in [0.29, 0.717) is 34.3 Å². The molecule has 0 spiro atoms. The summed E-state index contributed by atoms with van der Waals surface area (Å²) in [5.74, 6) is 6.68.